The number of terminal acetylenes is 1. The molecule has 3 nitrogen and oxygen atoms in total. The first-order chi connectivity index (χ1) is 11.1. The van der Waals surface area contributed by atoms with Gasteiger partial charge < -0.3 is 4.57 Å². The fraction of sp³-hybridized carbons (Fsp3) is 0.0588. The maximum Gasteiger partial charge on any atom is 0.279 e. The summed E-state index contributed by atoms with van der Waals surface area (Å²) in [5.74, 6) is 1.78. The molecule has 0 unspecified atom stereocenters. The third-order valence-electron chi connectivity index (χ3n) is 3.18. The van der Waals surface area contributed by atoms with Gasteiger partial charge in [0.1, 0.15) is 5.82 Å². The molecule has 1 aromatic heterocycles. The van der Waals surface area contributed by atoms with Gasteiger partial charge in [-0.05, 0) is 42.5 Å². The standard InChI is InChI=1S/C17H10ClFN2OS/c1-2-9-21-14-8-7-13(19)10-15(14)23-17(21)20-16(22)11-3-5-12(18)6-4-11/h1,3-8,10H,9H2. The number of carbonyl (C=O) groups excluding carboxylic acids is 1. The van der Waals surface area contributed by atoms with Crippen molar-refractivity contribution in [3.05, 3.63) is 63.7 Å². The van der Waals surface area contributed by atoms with Gasteiger partial charge >= 0.3 is 0 Å². The Hall–Kier alpha value is -2.42. The number of carbonyl (C=O) groups is 1. The van der Waals surface area contributed by atoms with Crippen molar-refractivity contribution in [1.29, 1.82) is 0 Å². The van der Waals surface area contributed by atoms with Gasteiger partial charge in [-0.25, -0.2) is 4.39 Å². The van der Waals surface area contributed by atoms with E-state index in [9.17, 15) is 9.18 Å². The second kappa shape index (κ2) is 6.37. The van der Waals surface area contributed by atoms with E-state index in [0.29, 0.717) is 20.1 Å². The van der Waals surface area contributed by atoms with Crippen molar-refractivity contribution in [2.75, 3.05) is 0 Å². The largest absolute Gasteiger partial charge is 0.305 e. The summed E-state index contributed by atoms with van der Waals surface area (Å²) in [4.78, 5) is 16.8. The zero-order valence-electron chi connectivity index (χ0n) is 11.8. The molecule has 0 aliphatic carbocycles. The molecule has 3 rings (SSSR count). The summed E-state index contributed by atoms with van der Waals surface area (Å²) in [7, 11) is 0. The molecule has 1 amide bonds. The Bertz CT molecular complexity index is 996. The molecule has 0 spiro atoms. The maximum absolute atomic E-state index is 13.4. The SMILES string of the molecule is C#CCn1c(=NC(=O)c2ccc(Cl)cc2)sc2cc(F)ccc21. The Morgan fingerprint density at radius 2 is 2.04 bits per heavy atom. The fourth-order valence-electron chi connectivity index (χ4n) is 2.12. The minimum atomic E-state index is -0.403. The lowest BCUT2D eigenvalue weighted by molar-refractivity contribution is 0.0998. The molecule has 0 saturated carbocycles. The molecule has 0 radical (unpaired) electrons. The highest BCUT2D eigenvalue weighted by Crippen LogP contribution is 2.19. The van der Waals surface area contributed by atoms with E-state index in [1.54, 1.807) is 34.9 Å². The molecule has 0 fully saturated rings. The number of rotatable bonds is 2. The van der Waals surface area contributed by atoms with Gasteiger partial charge in [0.15, 0.2) is 4.80 Å². The van der Waals surface area contributed by atoms with Crippen LogP contribution in [0.1, 0.15) is 10.4 Å². The second-order valence-electron chi connectivity index (χ2n) is 4.71. The van der Waals surface area contributed by atoms with Gasteiger partial charge in [0.25, 0.3) is 5.91 Å². The first-order valence-corrected chi connectivity index (χ1v) is 7.85. The minimum absolute atomic E-state index is 0.248. The van der Waals surface area contributed by atoms with Crippen LogP contribution in [0, 0.1) is 18.2 Å². The monoisotopic (exact) mass is 344 g/mol. The number of nitrogens with zero attached hydrogens (tertiary/aromatic N) is 2. The van der Waals surface area contributed by atoms with Crippen LogP contribution < -0.4 is 4.80 Å². The Labute approximate surface area is 140 Å². The Kier molecular flexibility index (Phi) is 4.28. The number of amides is 1. The van der Waals surface area contributed by atoms with Gasteiger partial charge in [-0.1, -0.05) is 28.9 Å². The van der Waals surface area contributed by atoms with Crippen molar-refractivity contribution >= 4 is 39.1 Å². The predicted octanol–water partition coefficient (Wildman–Crippen LogP) is 3.87. The van der Waals surface area contributed by atoms with E-state index in [4.69, 9.17) is 18.0 Å². The summed E-state index contributed by atoms with van der Waals surface area (Å²) in [6.07, 6.45) is 5.39. The minimum Gasteiger partial charge on any atom is -0.305 e. The molecule has 6 heteroatoms. The van der Waals surface area contributed by atoms with Crippen LogP contribution >= 0.6 is 22.9 Å². The van der Waals surface area contributed by atoms with E-state index in [1.165, 1.54) is 23.5 Å². The van der Waals surface area contributed by atoms with Crippen molar-refractivity contribution in [2.45, 2.75) is 6.54 Å². The molecular weight excluding hydrogens is 335 g/mol. The summed E-state index contributed by atoms with van der Waals surface area (Å²) in [6, 6.07) is 10.8. The van der Waals surface area contributed by atoms with E-state index >= 15 is 0 Å². The van der Waals surface area contributed by atoms with E-state index < -0.39 is 5.91 Å². The molecule has 2 aromatic carbocycles. The number of thiazole rings is 1. The summed E-state index contributed by atoms with van der Waals surface area (Å²) in [5, 5.41) is 0.543. The lowest BCUT2D eigenvalue weighted by Crippen LogP contribution is -2.16. The van der Waals surface area contributed by atoms with Crippen molar-refractivity contribution in [2.24, 2.45) is 4.99 Å². The van der Waals surface area contributed by atoms with Gasteiger partial charge in [-0.15, -0.1) is 6.42 Å². The van der Waals surface area contributed by atoms with Gasteiger partial charge in [-0.3, -0.25) is 4.79 Å². The zero-order chi connectivity index (χ0) is 16.4. The first kappa shape index (κ1) is 15.5. The van der Waals surface area contributed by atoms with E-state index in [0.717, 1.165) is 5.52 Å². The zero-order valence-corrected chi connectivity index (χ0v) is 13.4. The van der Waals surface area contributed by atoms with Crippen LogP contribution in [-0.2, 0) is 6.54 Å². The van der Waals surface area contributed by atoms with Crippen LogP contribution in [0.4, 0.5) is 4.39 Å². The van der Waals surface area contributed by atoms with Gasteiger partial charge in [0, 0.05) is 10.6 Å². The van der Waals surface area contributed by atoms with Gasteiger partial charge in [0.2, 0.25) is 0 Å². The van der Waals surface area contributed by atoms with Crippen LogP contribution in [0.25, 0.3) is 10.2 Å². The number of hydrogen-bond donors (Lipinski definition) is 0. The molecule has 23 heavy (non-hydrogen) atoms. The van der Waals surface area contributed by atoms with E-state index in [-0.39, 0.29) is 12.4 Å². The average molecular weight is 345 g/mol. The lowest BCUT2D eigenvalue weighted by Gasteiger charge is -1.99. The average Bonchev–Trinajstić information content (AvgIpc) is 2.85. The fourth-order valence-corrected chi connectivity index (χ4v) is 3.30. The molecule has 0 atom stereocenters. The third kappa shape index (κ3) is 3.19. The third-order valence-corrected chi connectivity index (χ3v) is 4.48. The molecular formula is C17H10ClFN2OS. The van der Waals surface area contributed by atoms with E-state index in [1.807, 2.05) is 0 Å². The van der Waals surface area contributed by atoms with Crippen LogP contribution in [-0.4, -0.2) is 10.5 Å². The van der Waals surface area contributed by atoms with Crippen LogP contribution in [0.2, 0.25) is 5.02 Å². The van der Waals surface area contributed by atoms with Crippen molar-refractivity contribution < 1.29 is 9.18 Å². The van der Waals surface area contributed by atoms with Crippen LogP contribution in [0.5, 0.6) is 0 Å². The van der Waals surface area contributed by atoms with Gasteiger partial charge in [0.05, 0.1) is 16.8 Å². The van der Waals surface area contributed by atoms with Crippen molar-refractivity contribution in [1.82, 2.24) is 4.57 Å². The Balaban J connectivity index is 2.14. The lowest BCUT2D eigenvalue weighted by atomic mass is 10.2. The summed E-state index contributed by atoms with van der Waals surface area (Å²) in [5.41, 5.74) is 1.17. The molecule has 1 heterocycles. The van der Waals surface area contributed by atoms with Crippen LogP contribution in [0.15, 0.2) is 47.5 Å². The van der Waals surface area contributed by atoms with Crippen LogP contribution in [0.3, 0.4) is 0 Å². The van der Waals surface area contributed by atoms with E-state index in [2.05, 4.69) is 10.9 Å². The Morgan fingerprint density at radius 1 is 1.30 bits per heavy atom. The molecule has 0 bridgehead atoms. The predicted molar refractivity (Wildman–Crippen MR) is 90.0 cm³/mol. The molecule has 0 N–H and O–H groups in total. The maximum atomic E-state index is 13.4. The summed E-state index contributed by atoms with van der Waals surface area (Å²) in [6.45, 7) is 0.248. The highest BCUT2D eigenvalue weighted by atomic mass is 35.5. The molecule has 114 valence electrons. The number of hydrogen-bond acceptors (Lipinski definition) is 2. The highest BCUT2D eigenvalue weighted by molar-refractivity contribution is 7.16. The molecule has 3 aromatic rings. The number of fused-ring (bicyclic) bond motifs is 1. The second-order valence-corrected chi connectivity index (χ2v) is 6.16. The molecule has 0 aliphatic heterocycles. The van der Waals surface area contributed by atoms with Gasteiger partial charge in [-0.2, -0.15) is 4.99 Å². The number of benzene rings is 2. The Morgan fingerprint density at radius 3 is 2.74 bits per heavy atom. The highest BCUT2D eigenvalue weighted by Gasteiger charge is 2.09. The molecule has 0 aliphatic rings. The van der Waals surface area contributed by atoms with Crippen molar-refractivity contribution in [3.63, 3.8) is 0 Å². The number of aromatic nitrogens is 1. The van der Waals surface area contributed by atoms with Crippen molar-refractivity contribution in [3.8, 4) is 12.3 Å². The normalized spacial score (nSPS) is 11.6. The first-order valence-electron chi connectivity index (χ1n) is 6.65. The smallest absolute Gasteiger partial charge is 0.279 e. The summed E-state index contributed by atoms with van der Waals surface area (Å²) >= 11 is 7.03. The molecule has 0 saturated heterocycles. The summed E-state index contributed by atoms with van der Waals surface area (Å²) < 4.78 is 15.8. The quantitative estimate of drug-likeness (QED) is 0.650. The topological polar surface area (TPSA) is 34.4 Å². The number of halogens is 2.